The van der Waals surface area contributed by atoms with Crippen LogP contribution in [0.15, 0.2) is 36.5 Å². The highest BCUT2D eigenvalue weighted by Gasteiger charge is 2.19. The Hall–Kier alpha value is -2.01. The van der Waals surface area contributed by atoms with Crippen LogP contribution in [0.3, 0.4) is 0 Å². The maximum Gasteiger partial charge on any atom is 0.184 e. The number of carbonyl (C=O) groups excluding carboxylic acids is 1. The van der Waals surface area contributed by atoms with Crippen molar-refractivity contribution in [1.29, 1.82) is 0 Å². The molecule has 0 aliphatic heterocycles. The zero-order valence-corrected chi connectivity index (χ0v) is 11.2. The summed E-state index contributed by atoms with van der Waals surface area (Å²) in [4.78, 5) is 12.2. The molecule has 1 aromatic carbocycles. The molecule has 0 saturated carbocycles. The summed E-state index contributed by atoms with van der Waals surface area (Å²) in [6, 6.07) is 9.32. The number of Topliss-reactive ketones (excluding diaryl/α,β-unsaturated/α-hetero) is 1. The first-order valence-corrected chi connectivity index (χ1v) is 6.34. The van der Waals surface area contributed by atoms with E-state index in [2.05, 4.69) is 10.3 Å². The summed E-state index contributed by atoms with van der Waals surface area (Å²) in [5, 5.41) is 7.79. The van der Waals surface area contributed by atoms with E-state index >= 15 is 0 Å². The second-order valence-corrected chi connectivity index (χ2v) is 4.90. The van der Waals surface area contributed by atoms with Crippen LogP contribution < -0.4 is 5.73 Å². The van der Waals surface area contributed by atoms with Gasteiger partial charge < -0.3 is 5.73 Å². The monoisotopic (exact) mass is 258 g/mol. The number of ketones is 1. The quantitative estimate of drug-likeness (QED) is 0.830. The Morgan fingerprint density at radius 1 is 1.32 bits per heavy atom. The lowest BCUT2D eigenvalue weighted by atomic mass is 9.99. The van der Waals surface area contributed by atoms with E-state index in [-0.39, 0.29) is 17.7 Å². The van der Waals surface area contributed by atoms with Crippen molar-refractivity contribution in [3.05, 3.63) is 42.2 Å². The van der Waals surface area contributed by atoms with Crippen LogP contribution in [-0.2, 0) is 0 Å². The fourth-order valence-corrected chi connectivity index (χ4v) is 1.74. The van der Waals surface area contributed by atoms with Gasteiger partial charge in [-0.05, 0) is 18.1 Å². The number of hydrogen-bond acceptors (Lipinski definition) is 4. The maximum absolute atomic E-state index is 12.2. The minimum absolute atomic E-state index is 0.0324. The molecule has 100 valence electrons. The molecule has 0 fully saturated rings. The number of hydrogen-bond donors (Lipinski definition) is 1. The van der Waals surface area contributed by atoms with Crippen molar-refractivity contribution < 1.29 is 4.79 Å². The van der Waals surface area contributed by atoms with Gasteiger partial charge in [0.15, 0.2) is 5.78 Å². The van der Waals surface area contributed by atoms with Crippen LogP contribution in [-0.4, -0.2) is 26.8 Å². The highest BCUT2D eigenvalue weighted by Crippen LogP contribution is 2.13. The molecule has 0 bridgehead atoms. The fraction of sp³-hybridized carbons (Fsp3) is 0.357. The molecule has 0 saturated heterocycles. The molecule has 2 aromatic rings. The van der Waals surface area contributed by atoms with E-state index in [1.807, 2.05) is 44.2 Å². The summed E-state index contributed by atoms with van der Waals surface area (Å²) in [6.45, 7) is 4.01. The fourth-order valence-electron chi connectivity index (χ4n) is 1.74. The number of carbonyl (C=O) groups is 1. The lowest BCUT2D eigenvalue weighted by Crippen LogP contribution is -2.29. The zero-order chi connectivity index (χ0) is 13.8. The number of nitrogens with two attached hydrogens (primary N) is 1. The van der Waals surface area contributed by atoms with Gasteiger partial charge in [-0.1, -0.05) is 37.3 Å². The van der Waals surface area contributed by atoms with Gasteiger partial charge in [0.25, 0.3) is 0 Å². The minimum atomic E-state index is -0.147. The standard InChI is InChI=1S/C14H18N4O/c1-10(2)12(15)8-14(19)13-9-16-17-18(13)11-6-4-3-5-7-11/h3-7,9-10,12H,8,15H2,1-2H3. The predicted octanol–water partition coefficient (Wildman–Crippen LogP) is 1.82. The third-order valence-corrected chi connectivity index (χ3v) is 3.11. The summed E-state index contributed by atoms with van der Waals surface area (Å²) >= 11 is 0. The van der Waals surface area contributed by atoms with Gasteiger partial charge in [-0.15, -0.1) is 5.10 Å². The van der Waals surface area contributed by atoms with Gasteiger partial charge in [0.05, 0.1) is 11.9 Å². The van der Waals surface area contributed by atoms with E-state index in [9.17, 15) is 4.79 Å². The average Bonchev–Trinajstić information content (AvgIpc) is 2.88. The Morgan fingerprint density at radius 3 is 2.63 bits per heavy atom. The Labute approximate surface area is 112 Å². The van der Waals surface area contributed by atoms with Gasteiger partial charge in [0.2, 0.25) is 0 Å². The van der Waals surface area contributed by atoms with Crippen LogP contribution in [0.4, 0.5) is 0 Å². The highest BCUT2D eigenvalue weighted by atomic mass is 16.1. The van der Waals surface area contributed by atoms with Crippen LogP contribution in [0.2, 0.25) is 0 Å². The number of rotatable bonds is 5. The lowest BCUT2D eigenvalue weighted by Gasteiger charge is -2.14. The van der Waals surface area contributed by atoms with Crippen molar-refractivity contribution in [2.45, 2.75) is 26.3 Å². The first kappa shape index (κ1) is 13.4. The molecule has 5 nitrogen and oxygen atoms in total. The van der Waals surface area contributed by atoms with Crippen molar-refractivity contribution in [3.63, 3.8) is 0 Å². The topological polar surface area (TPSA) is 73.8 Å². The van der Waals surface area contributed by atoms with Crippen LogP contribution >= 0.6 is 0 Å². The first-order valence-electron chi connectivity index (χ1n) is 6.34. The van der Waals surface area contributed by atoms with Gasteiger partial charge in [-0.25, -0.2) is 4.68 Å². The van der Waals surface area contributed by atoms with Crippen LogP contribution in [0.5, 0.6) is 0 Å². The third kappa shape index (κ3) is 3.06. The van der Waals surface area contributed by atoms with Crippen molar-refractivity contribution >= 4 is 5.78 Å². The van der Waals surface area contributed by atoms with Crippen molar-refractivity contribution in [2.24, 2.45) is 11.7 Å². The van der Waals surface area contributed by atoms with Gasteiger partial charge in [0.1, 0.15) is 5.69 Å². The highest BCUT2D eigenvalue weighted by molar-refractivity contribution is 5.95. The van der Waals surface area contributed by atoms with E-state index in [0.717, 1.165) is 5.69 Å². The maximum atomic E-state index is 12.2. The summed E-state index contributed by atoms with van der Waals surface area (Å²) in [6.07, 6.45) is 1.79. The van der Waals surface area contributed by atoms with Gasteiger partial charge >= 0.3 is 0 Å². The predicted molar refractivity (Wildman–Crippen MR) is 73.1 cm³/mol. The Morgan fingerprint density at radius 2 is 2.00 bits per heavy atom. The summed E-state index contributed by atoms with van der Waals surface area (Å²) < 4.78 is 1.55. The second-order valence-electron chi connectivity index (χ2n) is 4.90. The van der Waals surface area contributed by atoms with Crippen LogP contribution in [0, 0.1) is 5.92 Å². The zero-order valence-electron chi connectivity index (χ0n) is 11.2. The van der Waals surface area contributed by atoms with Crippen molar-refractivity contribution in [3.8, 4) is 5.69 Å². The average molecular weight is 258 g/mol. The van der Waals surface area contributed by atoms with Crippen LogP contribution in [0.25, 0.3) is 5.69 Å². The van der Waals surface area contributed by atoms with E-state index in [4.69, 9.17) is 5.73 Å². The number of aromatic nitrogens is 3. The summed E-state index contributed by atoms with van der Waals surface area (Å²) in [5.41, 5.74) is 7.24. The molecule has 1 atom stereocenters. The minimum Gasteiger partial charge on any atom is -0.327 e. The molecular weight excluding hydrogens is 240 g/mol. The second kappa shape index (κ2) is 5.75. The van der Waals surface area contributed by atoms with E-state index in [0.29, 0.717) is 12.1 Å². The molecule has 5 heteroatoms. The molecule has 2 rings (SSSR count). The lowest BCUT2D eigenvalue weighted by molar-refractivity contribution is 0.0960. The molecular formula is C14H18N4O. The Balaban J connectivity index is 2.23. The van der Waals surface area contributed by atoms with E-state index in [1.54, 1.807) is 4.68 Å². The van der Waals surface area contributed by atoms with E-state index in [1.165, 1.54) is 6.20 Å². The molecule has 0 spiro atoms. The van der Waals surface area contributed by atoms with Crippen molar-refractivity contribution in [1.82, 2.24) is 15.0 Å². The van der Waals surface area contributed by atoms with Crippen LogP contribution in [0.1, 0.15) is 30.8 Å². The molecule has 0 aliphatic carbocycles. The third-order valence-electron chi connectivity index (χ3n) is 3.11. The summed E-state index contributed by atoms with van der Waals surface area (Å²) in [5.74, 6) is 0.236. The Bertz CT molecular complexity index is 548. The molecule has 1 heterocycles. The number of nitrogens with zero attached hydrogens (tertiary/aromatic N) is 3. The van der Waals surface area contributed by atoms with E-state index < -0.39 is 0 Å². The Kier molecular flexibility index (Phi) is 4.06. The summed E-state index contributed by atoms with van der Waals surface area (Å²) in [7, 11) is 0. The normalized spacial score (nSPS) is 12.6. The molecule has 2 N–H and O–H groups in total. The first-order chi connectivity index (χ1) is 9.09. The molecule has 19 heavy (non-hydrogen) atoms. The molecule has 1 aromatic heterocycles. The SMILES string of the molecule is CC(C)C(N)CC(=O)c1cnnn1-c1ccccc1. The molecule has 0 radical (unpaired) electrons. The van der Waals surface area contributed by atoms with Gasteiger partial charge in [0, 0.05) is 12.5 Å². The molecule has 0 aliphatic rings. The van der Waals surface area contributed by atoms with Gasteiger partial charge in [-0.2, -0.15) is 0 Å². The van der Waals surface area contributed by atoms with Crippen molar-refractivity contribution in [2.75, 3.05) is 0 Å². The molecule has 1 unspecified atom stereocenters. The smallest absolute Gasteiger partial charge is 0.184 e. The number of benzene rings is 1. The largest absolute Gasteiger partial charge is 0.327 e. The molecule has 0 amide bonds. The van der Waals surface area contributed by atoms with Gasteiger partial charge in [-0.3, -0.25) is 4.79 Å². The number of para-hydroxylation sites is 1.